The lowest BCUT2D eigenvalue weighted by Gasteiger charge is -2.26. The number of alkyl carbamates (subject to hydrolysis) is 1. The number of carbonyl (C=O) groups excluding carboxylic acids is 4. The van der Waals surface area contributed by atoms with Crippen molar-refractivity contribution in [2.45, 2.75) is 451 Å². The highest BCUT2D eigenvalue weighted by atomic mass is 16.6. The summed E-state index contributed by atoms with van der Waals surface area (Å²) >= 11 is 0. The summed E-state index contributed by atoms with van der Waals surface area (Å²) in [5.74, 6) is -2.13. The van der Waals surface area contributed by atoms with Gasteiger partial charge in [0.25, 0.3) is 0 Å². The molecule has 0 saturated heterocycles. The summed E-state index contributed by atoms with van der Waals surface area (Å²) in [7, 11) is 0. The van der Waals surface area contributed by atoms with Gasteiger partial charge in [0.05, 0.1) is 5.41 Å². The van der Waals surface area contributed by atoms with Crippen LogP contribution in [0.25, 0.3) is 0 Å². The molecule has 0 radical (unpaired) electrons. The summed E-state index contributed by atoms with van der Waals surface area (Å²) in [5.41, 5.74) is -1.25. The Kier molecular flexibility index (Phi) is 66.5. The van der Waals surface area contributed by atoms with Crippen LogP contribution in [0.15, 0.2) is 0 Å². The molecule has 0 fully saturated rings. The molecule has 0 aliphatic heterocycles. The third-order valence-electron chi connectivity index (χ3n) is 18.9. The number of carbonyl (C=O) groups is 4. The maximum atomic E-state index is 12.3. The summed E-state index contributed by atoms with van der Waals surface area (Å²) < 4.78 is 15.3. The molecule has 87 heavy (non-hydrogen) atoms. The Morgan fingerprint density at radius 3 is 0.713 bits per heavy atom. The van der Waals surface area contributed by atoms with Crippen molar-refractivity contribution in [3.05, 3.63) is 0 Å². The van der Waals surface area contributed by atoms with E-state index >= 15 is 0 Å². The van der Waals surface area contributed by atoms with Gasteiger partial charge in [-0.3, -0.25) is 4.79 Å². The van der Waals surface area contributed by atoms with Crippen LogP contribution in [0.5, 0.6) is 0 Å². The Hall–Kier alpha value is -2.16. The molecule has 0 aromatic heterocycles. The maximum Gasteiger partial charge on any atom is 0.407 e. The zero-order valence-electron chi connectivity index (χ0n) is 59.1. The molecule has 1 amide bonds. The van der Waals surface area contributed by atoms with Crippen LogP contribution in [-0.4, -0.2) is 60.9 Å². The van der Waals surface area contributed by atoms with Gasteiger partial charge < -0.3 is 24.6 Å². The first-order chi connectivity index (χ1) is 42.5. The third-order valence-corrected chi connectivity index (χ3v) is 18.9. The van der Waals surface area contributed by atoms with E-state index in [0.29, 0.717) is 6.54 Å². The minimum absolute atomic E-state index is 0.261. The highest BCUT2D eigenvalue weighted by Gasteiger charge is 2.35. The number of rotatable bonds is 72. The van der Waals surface area contributed by atoms with Crippen molar-refractivity contribution in [3.8, 4) is 0 Å². The first kappa shape index (κ1) is 84.8. The Morgan fingerprint density at radius 1 is 0.322 bits per heavy atom. The van der Waals surface area contributed by atoms with Crippen LogP contribution in [0.1, 0.15) is 439 Å². The molecular weight excluding hydrogens is 1080 g/mol. The van der Waals surface area contributed by atoms with E-state index in [1.54, 1.807) is 0 Å². The van der Waals surface area contributed by atoms with Crippen molar-refractivity contribution in [3.63, 3.8) is 0 Å². The van der Waals surface area contributed by atoms with E-state index in [9.17, 15) is 24.3 Å². The van der Waals surface area contributed by atoms with Crippen molar-refractivity contribution < 1.29 is 38.5 Å². The number of hydrogen-bond donors (Lipinski definition) is 2. The lowest BCUT2D eigenvalue weighted by Crippen LogP contribution is -2.41. The van der Waals surface area contributed by atoms with Gasteiger partial charge in [-0.15, -0.1) is 0 Å². The third kappa shape index (κ3) is 63.8. The predicted molar refractivity (Wildman–Crippen MR) is 373 cm³/mol. The van der Waals surface area contributed by atoms with E-state index in [4.69, 9.17) is 14.2 Å². The van der Waals surface area contributed by atoms with Crippen LogP contribution in [-0.2, 0) is 28.6 Å². The normalized spacial score (nSPS) is 12.9. The van der Waals surface area contributed by atoms with Gasteiger partial charge in [-0.25, -0.2) is 14.4 Å². The molecule has 0 bridgehead atoms. The highest BCUT2D eigenvalue weighted by molar-refractivity contribution is 5.84. The number of aliphatic hydroxyl groups excluding tert-OH is 1. The Morgan fingerprint density at radius 2 is 0.517 bits per heavy atom. The number of aliphatic hydroxyl groups is 1. The van der Waals surface area contributed by atoms with Gasteiger partial charge in [0.15, 0.2) is 6.10 Å². The minimum Gasteiger partial charge on any atom is -0.462 e. The van der Waals surface area contributed by atoms with Crippen LogP contribution in [0.3, 0.4) is 0 Å². The van der Waals surface area contributed by atoms with E-state index in [1.165, 1.54) is 413 Å². The Labute approximate surface area is 541 Å². The van der Waals surface area contributed by atoms with Crippen LogP contribution in [0.4, 0.5) is 4.79 Å². The average molecular weight is 1230 g/mol. The second kappa shape index (κ2) is 68.2. The molecule has 0 heterocycles. The molecule has 0 aliphatic rings. The molecule has 516 valence electrons. The Balaban J connectivity index is 3.26. The number of Topliss-reactive ketones (excluding diaryl/α,β-unsaturated/α-hetero) is 1. The van der Waals surface area contributed by atoms with Gasteiger partial charge in [-0.1, -0.05) is 405 Å². The molecule has 9 nitrogen and oxygen atoms in total. The Bertz CT molecular complexity index is 1450. The van der Waals surface area contributed by atoms with Crippen molar-refractivity contribution in [1.82, 2.24) is 5.32 Å². The van der Waals surface area contributed by atoms with Crippen molar-refractivity contribution in [2.24, 2.45) is 5.41 Å². The number of esters is 2. The monoisotopic (exact) mass is 1230 g/mol. The van der Waals surface area contributed by atoms with E-state index in [1.807, 2.05) is 0 Å². The zero-order chi connectivity index (χ0) is 63.5. The molecule has 9 heteroatoms. The van der Waals surface area contributed by atoms with Crippen LogP contribution in [0.2, 0.25) is 0 Å². The maximum absolute atomic E-state index is 12.3. The summed E-state index contributed by atoms with van der Waals surface area (Å²) in [6, 6.07) is 0. The van der Waals surface area contributed by atoms with Crippen molar-refractivity contribution in [2.75, 3.05) is 19.8 Å². The first-order valence-corrected chi connectivity index (χ1v) is 39.0. The summed E-state index contributed by atoms with van der Waals surface area (Å²) in [6.07, 6.45) is 86.8. The minimum atomic E-state index is -1.37. The topological polar surface area (TPSA) is 128 Å². The van der Waals surface area contributed by atoms with Gasteiger partial charge in [0.2, 0.25) is 0 Å². The lowest BCUT2D eigenvalue weighted by atomic mass is 9.88. The molecule has 0 saturated carbocycles. The molecule has 2 N–H and O–H groups in total. The van der Waals surface area contributed by atoms with Crippen molar-refractivity contribution >= 4 is 23.8 Å². The molecule has 0 aliphatic carbocycles. The summed E-state index contributed by atoms with van der Waals surface area (Å²) in [6.45, 7) is 7.62. The van der Waals surface area contributed by atoms with E-state index in [0.717, 1.165) is 19.3 Å². The standard InChI is InChI=1S/C78H151NO8/c1-6-7-8-9-10-11-12-13-14-15-16-17-18-19-20-21-22-23-24-25-26-27-28-29-30-31-32-33-34-35-36-37-38-39-40-41-42-43-44-45-46-47-48-49-50-51-52-53-54-55-56-57-58-59-60-61-62-63-64-65-66-67-68-69-79-77(84)86-71-78(5,74(4)81)70-85-76(83)73(3)87-75(82)72(2)80/h72-73,80H,6-71H2,1-5H3,(H,79,84). The van der Waals surface area contributed by atoms with Gasteiger partial charge in [-0.05, 0) is 34.1 Å². The fourth-order valence-electron chi connectivity index (χ4n) is 12.4. The number of nitrogens with one attached hydrogen (secondary N) is 1. The van der Waals surface area contributed by atoms with E-state index in [2.05, 4.69) is 12.2 Å². The number of amides is 1. The number of ether oxygens (including phenoxy) is 3. The molecule has 3 unspecified atom stereocenters. The van der Waals surface area contributed by atoms with Gasteiger partial charge in [-0.2, -0.15) is 0 Å². The largest absolute Gasteiger partial charge is 0.462 e. The fraction of sp³-hybridized carbons (Fsp3) is 0.949. The highest BCUT2D eigenvalue weighted by Crippen LogP contribution is 2.23. The summed E-state index contributed by atoms with van der Waals surface area (Å²) in [4.78, 5) is 48.2. The molecule has 0 aromatic carbocycles. The molecule has 0 rings (SSSR count). The van der Waals surface area contributed by atoms with Crippen LogP contribution < -0.4 is 5.32 Å². The van der Waals surface area contributed by atoms with E-state index < -0.39 is 35.7 Å². The molecule has 0 spiro atoms. The molecule has 3 atom stereocenters. The van der Waals surface area contributed by atoms with Crippen LogP contribution in [0, 0.1) is 5.41 Å². The number of hydrogen-bond acceptors (Lipinski definition) is 8. The zero-order valence-corrected chi connectivity index (χ0v) is 59.1. The lowest BCUT2D eigenvalue weighted by molar-refractivity contribution is -0.173. The smallest absolute Gasteiger partial charge is 0.407 e. The summed E-state index contributed by atoms with van der Waals surface area (Å²) in [5, 5.41) is 12.0. The second-order valence-corrected chi connectivity index (χ2v) is 27.9. The SMILES string of the molecule is CCCCCCCCCCCCCCCCCCCCCCCCCCCCCCCCCCCCCCCCCCCCCCCCCCCCCCCCCCCCCCCCCNC(=O)OCC(C)(COC(=O)C(C)OC(=O)C(C)O)C(C)=O. The quantitative estimate of drug-likeness (QED) is 0.0350. The van der Waals surface area contributed by atoms with Crippen molar-refractivity contribution in [1.29, 1.82) is 0 Å². The predicted octanol–water partition coefficient (Wildman–Crippen LogP) is 24.8. The fourth-order valence-corrected chi connectivity index (χ4v) is 12.4. The average Bonchev–Trinajstić information content (AvgIpc) is 3.71. The second-order valence-electron chi connectivity index (χ2n) is 27.9. The number of unbranched alkanes of at least 4 members (excludes halogenated alkanes) is 62. The van der Waals surface area contributed by atoms with Gasteiger partial charge >= 0.3 is 18.0 Å². The van der Waals surface area contributed by atoms with Gasteiger partial charge in [0, 0.05) is 6.54 Å². The van der Waals surface area contributed by atoms with Crippen LogP contribution >= 0.6 is 0 Å². The van der Waals surface area contributed by atoms with Gasteiger partial charge in [0.1, 0.15) is 25.1 Å². The molecule has 0 aromatic rings. The first-order valence-electron chi connectivity index (χ1n) is 39.0. The number of ketones is 1. The van der Waals surface area contributed by atoms with E-state index in [-0.39, 0.29) is 19.0 Å². The molecular formula is C78H151NO8.